The van der Waals surface area contributed by atoms with E-state index in [0.717, 1.165) is 0 Å². The molecule has 1 aromatic rings. The van der Waals surface area contributed by atoms with Crippen molar-refractivity contribution < 1.29 is 18.7 Å². The fraction of sp³-hybridized carbons (Fsp3) is 0.615. The van der Waals surface area contributed by atoms with E-state index in [1.54, 1.807) is 0 Å². The van der Waals surface area contributed by atoms with E-state index in [1.165, 1.54) is 12.4 Å². The molecule has 0 atom stereocenters. The number of rotatable bonds is 6. The van der Waals surface area contributed by atoms with Gasteiger partial charge in [0.2, 0.25) is 0 Å². The summed E-state index contributed by atoms with van der Waals surface area (Å²) in [6.45, 7) is 11.8. The standard InChI is InChI=1S/C13H23N3O4Si/c1-13(2,3)21(4,5)19-7-6-18-12-15-8-10(9-16-12)20-11(14)17/h8-9H,6-7H2,1-5H3,(H2,14,17). The lowest BCUT2D eigenvalue weighted by atomic mass is 10.2. The number of nitrogens with zero attached hydrogens (tertiary/aromatic N) is 2. The van der Waals surface area contributed by atoms with Crippen LogP contribution in [0.15, 0.2) is 12.4 Å². The van der Waals surface area contributed by atoms with Gasteiger partial charge in [-0.25, -0.2) is 4.79 Å². The largest absolute Gasteiger partial charge is 0.461 e. The van der Waals surface area contributed by atoms with E-state index in [4.69, 9.17) is 14.9 Å². The smallest absolute Gasteiger partial charge is 0.410 e. The Hall–Kier alpha value is -1.67. The average Bonchev–Trinajstić information content (AvgIpc) is 2.34. The second-order valence-corrected chi connectivity index (χ2v) is 10.9. The van der Waals surface area contributed by atoms with Gasteiger partial charge in [0.25, 0.3) is 0 Å². The minimum absolute atomic E-state index is 0.164. The van der Waals surface area contributed by atoms with Crippen LogP contribution in [0.1, 0.15) is 20.8 Å². The van der Waals surface area contributed by atoms with Crippen LogP contribution in [0.25, 0.3) is 0 Å². The lowest BCUT2D eigenvalue weighted by Crippen LogP contribution is -2.41. The molecule has 0 radical (unpaired) electrons. The molecule has 0 aliphatic rings. The van der Waals surface area contributed by atoms with E-state index in [9.17, 15) is 4.79 Å². The first kappa shape index (κ1) is 17.4. The molecule has 0 saturated heterocycles. The van der Waals surface area contributed by atoms with E-state index >= 15 is 0 Å². The zero-order chi connectivity index (χ0) is 16.1. The summed E-state index contributed by atoms with van der Waals surface area (Å²) in [4.78, 5) is 18.3. The number of nitrogens with two attached hydrogens (primary N) is 1. The summed E-state index contributed by atoms with van der Waals surface area (Å²) in [5, 5.41) is 0.164. The lowest BCUT2D eigenvalue weighted by molar-refractivity contribution is 0.193. The molecule has 0 spiro atoms. The first-order valence-corrected chi connectivity index (χ1v) is 9.59. The molecule has 0 unspecified atom stereocenters. The lowest BCUT2D eigenvalue weighted by Gasteiger charge is -2.36. The van der Waals surface area contributed by atoms with E-state index < -0.39 is 14.4 Å². The van der Waals surface area contributed by atoms with Crippen molar-refractivity contribution >= 4 is 14.4 Å². The van der Waals surface area contributed by atoms with Gasteiger partial charge in [-0.2, -0.15) is 9.97 Å². The van der Waals surface area contributed by atoms with Crippen molar-refractivity contribution in [2.24, 2.45) is 5.73 Å². The molecule has 0 fully saturated rings. The number of hydrogen-bond donors (Lipinski definition) is 1. The molecule has 0 saturated carbocycles. The summed E-state index contributed by atoms with van der Waals surface area (Å²) in [6.07, 6.45) is 1.74. The number of carbonyl (C=O) groups is 1. The Kier molecular flexibility index (Phi) is 5.67. The number of amides is 1. The highest BCUT2D eigenvalue weighted by Gasteiger charge is 2.36. The van der Waals surface area contributed by atoms with Gasteiger partial charge in [0.1, 0.15) is 6.61 Å². The molecule has 1 amide bonds. The van der Waals surface area contributed by atoms with Crippen LogP contribution in [-0.2, 0) is 4.43 Å². The van der Waals surface area contributed by atoms with Gasteiger partial charge < -0.3 is 19.6 Å². The average molecular weight is 313 g/mol. The normalized spacial score (nSPS) is 12.0. The Labute approximate surface area is 126 Å². The molecule has 7 nitrogen and oxygen atoms in total. The molecule has 0 aromatic carbocycles. The van der Waals surface area contributed by atoms with Crippen LogP contribution in [0, 0.1) is 0 Å². The molecule has 8 heteroatoms. The number of hydrogen-bond acceptors (Lipinski definition) is 6. The first-order chi connectivity index (χ1) is 9.62. The van der Waals surface area contributed by atoms with Gasteiger partial charge in [-0.1, -0.05) is 20.8 Å². The second kappa shape index (κ2) is 6.86. The molecule has 0 aliphatic heterocycles. The topological polar surface area (TPSA) is 96.6 Å². The van der Waals surface area contributed by atoms with E-state index in [-0.39, 0.29) is 16.8 Å². The van der Waals surface area contributed by atoms with Gasteiger partial charge >= 0.3 is 12.1 Å². The van der Waals surface area contributed by atoms with Crippen LogP contribution in [0.3, 0.4) is 0 Å². The maximum Gasteiger partial charge on any atom is 0.410 e. The highest BCUT2D eigenvalue weighted by Crippen LogP contribution is 2.36. The Bertz CT molecular complexity index is 471. The molecule has 1 heterocycles. The summed E-state index contributed by atoms with van der Waals surface area (Å²) >= 11 is 0. The van der Waals surface area contributed by atoms with Crippen molar-refractivity contribution in [3.63, 3.8) is 0 Å². The summed E-state index contributed by atoms with van der Waals surface area (Å²) in [7, 11) is -1.76. The van der Waals surface area contributed by atoms with Crippen molar-refractivity contribution in [1.29, 1.82) is 0 Å². The van der Waals surface area contributed by atoms with Crippen molar-refractivity contribution in [3.05, 3.63) is 12.4 Å². The third-order valence-corrected chi connectivity index (χ3v) is 7.94. The Morgan fingerprint density at radius 2 is 1.81 bits per heavy atom. The summed E-state index contributed by atoms with van der Waals surface area (Å²) < 4.78 is 16.0. The summed E-state index contributed by atoms with van der Waals surface area (Å²) in [5.74, 6) is 0.173. The van der Waals surface area contributed by atoms with Crippen molar-refractivity contribution in [2.45, 2.75) is 38.9 Å². The maximum absolute atomic E-state index is 10.5. The van der Waals surface area contributed by atoms with Gasteiger partial charge in [0, 0.05) is 0 Å². The third-order valence-electron chi connectivity index (χ3n) is 3.41. The Balaban J connectivity index is 2.38. The molecular formula is C13H23N3O4Si. The molecule has 0 bridgehead atoms. The van der Waals surface area contributed by atoms with Gasteiger partial charge in [-0.3, -0.25) is 0 Å². The first-order valence-electron chi connectivity index (χ1n) is 6.68. The molecule has 1 rings (SSSR count). The molecular weight excluding hydrogens is 290 g/mol. The van der Waals surface area contributed by atoms with Crippen LogP contribution in [-0.4, -0.2) is 37.6 Å². The minimum Gasteiger partial charge on any atom is -0.461 e. The van der Waals surface area contributed by atoms with Crippen molar-refractivity contribution in [2.75, 3.05) is 13.2 Å². The summed E-state index contributed by atoms with van der Waals surface area (Å²) in [6, 6.07) is 0.200. The highest BCUT2D eigenvalue weighted by atomic mass is 28.4. The van der Waals surface area contributed by atoms with Crippen LogP contribution >= 0.6 is 0 Å². The molecule has 2 N–H and O–H groups in total. The fourth-order valence-corrected chi connectivity index (χ4v) is 2.22. The van der Waals surface area contributed by atoms with Crippen molar-refractivity contribution in [3.8, 4) is 11.8 Å². The van der Waals surface area contributed by atoms with E-state index in [2.05, 4.69) is 48.6 Å². The van der Waals surface area contributed by atoms with E-state index in [1.807, 2.05) is 0 Å². The Morgan fingerprint density at radius 1 is 1.24 bits per heavy atom. The molecule has 21 heavy (non-hydrogen) atoms. The van der Waals surface area contributed by atoms with Crippen LogP contribution in [0.4, 0.5) is 4.79 Å². The van der Waals surface area contributed by atoms with Gasteiger partial charge in [-0.15, -0.1) is 0 Å². The monoisotopic (exact) mass is 313 g/mol. The summed E-state index contributed by atoms with van der Waals surface area (Å²) in [5.41, 5.74) is 4.88. The SMILES string of the molecule is CC(C)(C)[Si](C)(C)OCCOc1ncc(OC(N)=O)cn1. The number of primary amides is 1. The number of carbonyl (C=O) groups excluding carboxylic acids is 1. The molecule has 118 valence electrons. The predicted molar refractivity (Wildman–Crippen MR) is 80.9 cm³/mol. The van der Waals surface area contributed by atoms with Crippen LogP contribution in [0.2, 0.25) is 18.1 Å². The molecule has 1 aromatic heterocycles. The predicted octanol–water partition coefficient (Wildman–Crippen LogP) is 2.33. The maximum atomic E-state index is 10.5. The van der Waals surface area contributed by atoms with Gasteiger partial charge in [0.15, 0.2) is 14.1 Å². The third kappa shape index (κ3) is 5.68. The van der Waals surface area contributed by atoms with Gasteiger partial charge in [0.05, 0.1) is 19.0 Å². The fourth-order valence-electron chi connectivity index (χ4n) is 1.19. The van der Waals surface area contributed by atoms with Crippen LogP contribution < -0.4 is 15.2 Å². The molecule has 0 aliphatic carbocycles. The van der Waals surface area contributed by atoms with E-state index in [0.29, 0.717) is 13.2 Å². The Morgan fingerprint density at radius 3 is 2.29 bits per heavy atom. The number of ether oxygens (including phenoxy) is 2. The van der Waals surface area contributed by atoms with Crippen molar-refractivity contribution in [1.82, 2.24) is 9.97 Å². The zero-order valence-corrected chi connectivity index (χ0v) is 14.2. The van der Waals surface area contributed by atoms with Crippen LogP contribution in [0.5, 0.6) is 11.8 Å². The highest BCUT2D eigenvalue weighted by molar-refractivity contribution is 6.74. The zero-order valence-electron chi connectivity index (χ0n) is 13.2. The second-order valence-electron chi connectivity index (χ2n) is 6.08. The number of aromatic nitrogens is 2. The quantitative estimate of drug-likeness (QED) is 0.639. The van der Waals surface area contributed by atoms with Gasteiger partial charge in [-0.05, 0) is 18.1 Å². The minimum atomic E-state index is -1.76.